The Labute approximate surface area is 216 Å². The van der Waals surface area contributed by atoms with Crippen LogP contribution in [-0.2, 0) is 25.5 Å². The van der Waals surface area contributed by atoms with Gasteiger partial charge in [0.25, 0.3) is 0 Å². The predicted octanol–water partition coefficient (Wildman–Crippen LogP) is 2.80. The van der Waals surface area contributed by atoms with E-state index in [1.54, 1.807) is 41.5 Å². The van der Waals surface area contributed by atoms with Crippen LogP contribution in [0.1, 0.15) is 66.4 Å². The van der Waals surface area contributed by atoms with Gasteiger partial charge in [-0.15, -0.1) is 0 Å². The lowest BCUT2D eigenvalue weighted by atomic mass is 10.0. The number of rotatable bonds is 11. The maximum absolute atomic E-state index is 13.0. The fourth-order valence-electron chi connectivity index (χ4n) is 3.10. The van der Waals surface area contributed by atoms with Crippen molar-refractivity contribution in [3.8, 4) is 11.5 Å². The number of nitrogens with one attached hydrogen (secondary N) is 3. The van der Waals surface area contributed by atoms with E-state index >= 15 is 0 Å². The first-order valence-electron chi connectivity index (χ1n) is 12.0. The van der Waals surface area contributed by atoms with Crippen molar-refractivity contribution in [1.29, 1.82) is 0 Å². The molecule has 2 atom stereocenters. The highest BCUT2D eigenvalue weighted by Crippen LogP contribution is 2.25. The van der Waals surface area contributed by atoms with Crippen LogP contribution < -0.4 is 16.0 Å². The van der Waals surface area contributed by atoms with E-state index in [0.717, 1.165) is 0 Å². The average molecular weight is 526 g/mol. The van der Waals surface area contributed by atoms with Gasteiger partial charge in [-0.05, 0) is 78.5 Å². The second kappa shape index (κ2) is 13.6. The van der Waals surface area contributed by atoms with E-state index in [1.165, 1.54) is 18.2 Å². The van der Waals surface area contributed by atoms with Crippen LogP contribution in [0.3, 0.4) is 0 Å². The minimum absolute atomic E-state index is 0.0796. The van der Waals surface area contributed by atoms with Gasteiger partial charge in [-0.3, -0.25) is 4.79 Å². The van der Waals surface area contributed by atoms with Crippen molar-refractivity contribution in [2.24, 2.45) is 0 Å². The van der Waals surface area contributed by atoms with E-state index in [0.29, 0.717) is 18.4 Å². The Hall–Kier alpha value is -3.70. The van der Waals surface area contributed by atoms with E-state index < -0.39 is 53.1 Å². The van der Waals surface area contributed by atoms with Gasteiger partial charge >= 0.3 is 18.2 Å². The highest BCUT2D eigenvalue weighted by Gasteiger charge is 2.28. The number of alkyl carbamates (subject to hydrolysis) is 2. The molecule has 0 aliphatic rings. The van der Waals surface area contributed by atoms with Gasteiger partial charge < -0.3 is 40.7 Å². The van der Waals surface area contributed by atoms with E-state index in [9.17, 15) is 34.5 Å². The first-order chi connectivity index (χ1) is 17.0. The number of benzene rings is 1. The van der Waals surface area contributed by atoms with Crippen molar-refractivity contribution in [2.75, 3.05) is 6.54 Å². The number of hydrogen-bond donors (Lipinski definition) is 6. The Morgan fingerprint density at radius 2 is 1.43 bits per heavy atom. The van der Waals surface area contributed by atoms with Gasteiger partial charge in [0.1, 0.15) is 23.3 Å². The number of carboxylic acid groups (broad SMARTS) is 1. The molecule has 0 radical (unpaired) electrons. The molecule has 1 rings (SSSR count). The van der Waals surface area contributed by atoms with Crippen LogP contribution >= 0.6 is 0 Å². The lowest BCUT2D eigenvalue weighted by molar-refractivity contribution is -0.142. The maximum atomic E-state index is 13.0. The monoisotopic (exact) mass is 525 g/mol. The SMILES string of the molecule is CC(C)(C)OC(=O)NCCCC[C@H](NC(=O)[C@H](Cc1ccc(O)c(O)c1)NC(=O)OC(C)(C)C)C(=O)O. The van der Waals surface area contributed by atoms with Gasteiger partial charge in [-0.25, -0.2) is 14.4 Å². The molecule has 1 aromatic rings. The summed E-state index contributed by atoms with van der Waals surface area (Å²) in [6.07, 6.45) is -0.655. The van der Waals surface area contributed by atoms with Crippen LogP contribution in [0.4, 0.5) is 9.59 Å². The summed E-state index contributed by atoms with van der Waals surface area (Å²) in [6.45, 7) is 10.4. The first-order valence-corrected chi connectivity index (χ1v) is 12.0. The fourth-order valence-corrected chi connectivity index (χ4v) is 3.10. The lowest BCUT2D eigenvalue weighted by Gasteiger charge is -2.24. The number of carbonyl (C=O) groups excluding carboxylic acids is 3. The van der Waals surface area contributed by atoms with Crippen LogP contribution in [-0.4, -0.2) is 69.2 Å². The topological polar surface area (TPSA) is 184 Å². The van der Waals surface area contributed by atoms with Crippen LogP contribution in [0.2, 0.25) is 0 Å². The molecule has 0 saturated carbocycles. The summed E-state index contributed by atoms with van der Waals surface area (Å²) in [6, 6.07) is 1.45. The van der Waals surface area contributed by atoms with Crippen molar-refractivity contribution in [1.82, 2.24) is 16.0 Å². The molecular weight excluding hydrogens is 486 g/mol. The first kappa shape index (κ1) is 31.3. The zero-order valence-corrected chi connectivity index (χ0v) is 22.2. The molecule has 0 saturated heterocycles. The Morgan fingerprint density at radius 1 is 0.838 bits per heavy atom. The molecule has 12 heteroatoms. The van der Waals surface area contributed by atoms with Gasteiger partial charge in [0.15, 0.2) is 11.5 Å². The number of carbonyl (C=O) groups is 4. The average Bonchev–Trinajstić information content (AvgIpc) is 2.71. The number of amides is 3. The smallest absolute Gasteiger partial charge is 0.408 e. The molecule has 0 spiro atoms. The molecule has 12 nitrogen and oxygen atoms in total. The number of unbranched alkanes of at least 4 members (excludes halogenated alkanes) is 1. The minimum atomic E-state index is -1.26. The number of aliphatic carboxylic acids is 1. The maximum Gasteiger partial charge on any atom is 0.408 e. The highest BCUT2D eigenvalue weighted by molar-refractivity contribution is 5.89. The zero-order valence-electron chi connectivity index (χ0n) is 22.2. The summed E-state index contributed by atoms with van der Waals surface area (Å²) in [4.78, 5) is 48.8. The van der Waals surface area contributed by atoms with E-state index in [-0.39, 0.29) is 25.1 Å². The number of phenols is 2. The third-order valence-electron chi connectivity index (χ3n) is 4.69. The Bertz CT molecular complexity index is 952. The van der Waals surface area contributed by atoms with Crippen molar-refractivity contribution in [2.45, 2.75) is 90.5 Å². The van der Waals surface area contributed by atoms with E-state index in [1.807, 2.05) is 0 Å². The number of ether oxygens (including phenoxy) is 2. The fraction of sp³-hybridized carbons (Fsp3) is 0.600. The predicted molar refractivity (Wildman–Crippen MR) is 134 cm³/mol. The molecular formula is C25H39N3O9. The third-order valence-corrected chi connectivity index (χ3v) is 4.69. The van der Waals surface area contributed by atoms with Crippen LogP contribution in [0.25, 0.3) is 0 Å². The Morgan fingerprint density at radius 3 is 1.97 bits per heavy atom. The van der Waals surface area contributed by atoms with Crippen LogP contribution in [0, 0.1) is 0 Å². The molecule has 0 aromatic heterocycles. The summed E-state index contributed by atoms with van der Waals surface area (Å²) in [5.74, 6) is -2.78. The second-order valence-electron chi connectivity index (χ2n) is 10.5. The third kappa shape index (κ3) is 13.3. The van der Waals surface area contributed by atoms with E-state index in [2.05, 4.69) is 16.0 Å². The number of hydrogen-bond acceptors (Lipinski definition) is 8. The Balaban J connectivity index is 2.80. The van der Waals surface area contributed by atoms with Crippen molar-refractivity contribution >= 4 is 24.1 Å². The minimum Gasteiger partial charge on any atom is -0.504 e. The molecule has 3 amide bonds. The van der Waals surface area contributed by atoms with Crippen molar-refractivity contribution in [3.05, 3.63) is 23.8 Å². The molecule has 208 valence electrons. The second-order valence-corrected chi connectivity index (χ2v) is 10.5. The highest BCUT2D eigenvalue weighted by atomic mass is 16.6. The zero-order chi connectivity index (χ0) is 28.4. The van der Waals surface area contributed by atoms with Gasteiger partial charge in [0.2, 0.25) is 5.91 Å². The van der Waals surface area contributed by atoms with Crippen molar-refractivity contribution < 1.29 is 44.0 Å². The molecule has 0 aliphatic carbocycles. The standard InChI is InChI=1S/C25H39N3O9/c1-24(2,3)36-22(34)26-12-8-7-9-16(21(32)33)27-20(31)17(28-23(35)37-25(4,5)6)13-15-10-11-18(29)19(30)14-15/h10-11,14,16-17,29-30H,7-9,12-13H2,1-6H3,(H,26,34)(H,27,31)(H,28,35)(H,32,33)/t16-,17-/m0/s1. The summed E-state index contributed by atoms with van der Waals surface area (Å²) >= 11 is 0. The van der Waals surface area contributed by atoms with Crippen molar-refractivity contribution in [3.63, 3.8) is 0 Å². The van der Waals surface area contributed by atoms with E-state index in [4.69, 9.17) is 9.47 Å². The summed E-state index contributed by atoms with van der Waals surface area (Å²) in [5.41, 5.74) is -1.06. The molecule has 0 bridgehead atoms. The number of phenolic OH excluding ortho intramolecular Hbond substituents is 2. The van der Waals surface area contributed by atoms with Gasteiger partial charge in [-0.1, -0.05) is 6.07 Å². The summed E-state index contributed by atoms with van der Waals surface area (Å²) < 4.78 is 10.3. The number of aromatic hydroxyl groups is 2. The normalized spacial score (nSPS) is 13.1. The lowest BCUT2D eigenvalue weighted by Crippen LogP contribution is -2.53. The van der Waals surface area contributed by atoms with Gasteiger partial charge in [0.05, 0.1) is 0 Å². The molecule has 6 N–H and O–H groups in total. The molecule has 1 aromatic carbocycles. The van der Waals surface area contributed by atoms with Gasteiger partial charge in [-0.2, -0.15) is 0 Å². The Kier molecular flexibility index (Phi) is 11.5. The molecule has 37 heavy (non-hydrogen) atoms. The largest absolute Gasteiger partial charge is 0.504 e. The summed E-state index contributed by atoms with van der Waals surface area (Å²) in [7, 11) is 0. The molecule has 0 heterocycles. The van der Waals surface area contributed by atoms with Gasteiger partial charge in [0, 0.05) is 13.0 Å². The van der Waals surface area contributed by atoms with Crippen LogP contribution in [0.15, 0.2) is 18.2 Å². The molecule has 0 aliphatic heterocycles. The number of carboxylic acids is 1. The van der Waals surface area contributed by atoms with Crippen LogP contribution in [0.5, 0.6) is 11.5 Å². The molecule has 0 fully saturated rings. The summed E-state index contributed by atoms with van der Waals surface area (Å²) in [5, 5.41) is 36.3. The molecule has 0 unspecified atom stereocenters. The quantitative estimate of drug-likeness (QED) is 0.187.